The molecule has 0 bridgehead atoms. The maximum Gasteiger partial charge on any atom is 0.552 e. The standard InChI is InChI=1S/C27H29BN4O5/c1-18(2)15-23(28-36-24(27(35)37-28)20-11-7-4-8-12-20)32-25(33)21(16-19-9-5-3-6-10-19)31-26(34)22-17-29-13-14-30-22/h3-14,17-18,21,23-24H,15-16H2,1-2H3,(H,31,34)(H,32,33)/t21?,23?,24-/m1/s1. The van der Waals surface area contributed by atoms with E-state index in [1.54, 1.807) is 12.1 Å². The molecule has 10 heteroatoms. The Morgan fingerprint density at radius 3 is 2.35 bits per heavy atom. The van der Waals surface area contributed by atoms with Gasteiger partial charge < -0.3 is 19.9 Å². The molecule has 1 aliphatic heterocycles. The van der Waals surface area contributed by atoms with E-state index in [1.165, 1.54) is 18.6 Å². The van der Waals surface area contributed by atoms with E-state index in [4.69, 9.17) is 9.31 Å². The molecule has 1 fully saturated rings. The lowest BCUT2D eigenvalue weighted by atomic mass is 9.74. The normalized spacial score (nSPS) is 16.7. The summed E-state index contributed by atoms with van der Waals surface area (Å²) in [5, 5.41) is 5.74. The minimum atomic E-state index is -0.961. The van der Waals surface area contributed by atoms with E-state index in [1.807, 2.05) is 62.4 Å². The van der Waals surface area contributed by atoms with Gasteiger partial charge in [-0.3, -0.25) is 19.4 Å². The summed E-state index contributed by atoms with van der Waals surface area (Å²) < 4.78 is 11.5. The lowest BCUT2D eigenvalue weighted by Crippen LogP contribution is -2.55. The minimum absolute atomic E-state index is 0.103. The largest absolute Gasteiger partial charge is 0.552 e. The van der Waals surface area contributed by atoms with Crippen molar-refractivity contribution >= 4 is 24.9 Å². The molecule has 2 amide bonds. The van der Waals surface area contributed by atoms with Crippen molar-refractivity contribution in [2.24, 2.45) is 5.92 Å². The molecule has 3 atom stereocenters. The molecule has 4 rings (SSSR count). The molecule has 1 saturated heterocycles. The predicted molar refractivity (Wildman–Crippen MR) is 137 cm³/mol. The van der Waals surface area contributed by atoms with Crippen LogP contribution in [0.1, 0.15) is 48.0 Å². The molecule has 190 valence electrons. The van der Waals surface area contributed by atoms with Crippen molar-refractivity contribution in [3.05, 3.63) is 96.1 Å². The summed E-state index contributed by atoms with van der Waals surface area (Å²) in [5.74, 6) is -1.88. The number of amides is 2. The quantitative estimate of drug-likeness (QED) is 0.411. The summed E-state index contributed by atoms with van der Waals surface area (Å²) in [6.07, 6.45) is 4.10. The number of nitrogens with zero attached hydrogens (tertiary/aromatic N) is 2. The molecule has 2 N–H and O–H groups in total. The highest BCUT2D eigenvalue weighted by Gasteiger charge is 2.47. The number of aromatic nitrogens is 2. The van der Waals surface area contributed by atoms with Gasteiger partial charge in [0.25, 0.3) is 5.91 Å². The van der Waals surface area contributed by atoms with Crippen LogP contribution in [0.4, 0.5) is 0 Å². The number of nitrogens with one attached hydrogen (secondary N) is 2. The first-order valence-corrected chi connectivity index (χ1v) is 12.2. The third-order valence-corrected chi connectivity index (χ3v) is 5.90. The van der Waals surface area contributed by atoms with Crippen molar-refractivity contribution in [2.75, 3.05) is 0 Å². The molecule has 9 nitrogen and oxygen atoms in total. The number of carbonyl (C=O) groups excluding carboxylic acids is 3. The molecule has 0 spiro atoms. The van der Waals surface area contributed by atoms with Gasteiger partial charge in [-0.05, 0) is 23.5 Å². The molecule has 0 radical (unpaired) electrons. The first-order valence-electron chi connectivity index (χ1n) is 12.2. The van der Waals surface area contributed by atoms with E-state index in [0.717, 1.165) is 5.56 Å². The highest BCUT2D eigenvalue weighted by molar-refractivity contribution is 6.51. The van der Waals surface area contributed by atoms with Crippen molar-refractivity contribution in [3.8, 4) is 0 Å². The van der Waals surface area contributed by atoms with Gasteiger partial charge in [0, 0.05) is 18.8 Å². The van der Waals surface area contributed by atoms with Gasteiger partial charge in [0.1, 0.15) is 11.7 Å². The first-order chi connectivity index (χ1) is 17.9. The van der Waals surface area contributed by atoms with Gasteiger partial charge in [0.2, 0.25) is 5.91 Å². The zero-order chi connectivity index (χ0) is 26.2. The predicted octanol–water partition coefficient (Wildman–Crippen LogP) is 2.69. The Labute approximate surface area is 216 Å². The maximum absolute atomic E-state index is 13.5. The van der Waals surface area contributed by atoms with Crippen LogP contribution in [-0.2, 0) is 25.3 Å². The number of carbonyl (C=O) groups is 3. The molecule has 0 saturated carbocycles. The van der Waals surface area contributed by atoms with Gasteiger partial charge >= 0.3 is 13.1 Å². The summed E-state index contributed by atoms with van der Waals surface area (Å²) in [4.78, 5) is 46.9. The number of rotatable bonds is 10. The Balaban J connectivity index is 1.52. The van der Waals surface area contributed by atoms with Crippen molar-refractivity contribution in [1.29, 1.82) is 0 Å². The third-order valence-electron chi connectivity index (χ3n) is 5.90. The fraction of sp³-hybridized carbons (Fsp3) is 0.296. The third kappa shape index (κ3) is 7.01. The molecule has 3 aromatic rings. The van der Waals surface area contributed by atoms with Crippen molar-refractivity contribution in [3.63, 3.8) is 0 Å². The average molecular weight is 500 g/mol. The monoisotopic (exact) mass is 500 g/mol. The molecule has 2 aromatic carbocycles. The Bertz CT molecular complexity index is 1200. The summed E-state index contributed by atoms with van der Waals surface area (Å²) >= 11 is 0. The Morgan fingerprint density at radius 1 is 1.00 bits per heavy atom. The van der Waals surface area contributed by atoms with Gasteiger partial charge in [-0.15, -0.1) is 0 Å². The number of benzene rings is 2. The average Bonchev–Trinajstić information content (AvgIpc) is 3.30. The van der Waals surface area contributed by atoms with Crippen molar-refractivity contribution in [1.82, 2.24) is 20.6 Å². The second kappa shape index (κ2) is 12.3. The van der Waals surface area contributed by atoms with Crippen LogP contribution in [0.15, 0.2) is 79.3 Å². The molecular weight excluding hydrogens is 471 g/mol. The minimum Gasteiger partial charge on any atom is -0.506 e. The van der Waals surface area contributed by atoms with E-state index in [2.05, 4.69) is 20.6 Å². The highest BCUT2D eigenvalue weighted by Crippen LogP contribution is 2.28. The van der Waals surface area contributed by atoms with Crippen LogP contribution in [0.3, 0.4) is 0 Å². The van der Waals surface area contributed by atoms with Crippen molar-refractivity contribution < 1.29 is 23.7 Å². The first kappa shape index (κ1) is 26.0. The van der Waals surface area contributed by atoms with Crippen molar-refractivity contribution in [2.45, 2.75) is 44.8 Å². The fourth-order valence-electron chi connectivity index (χ4n) is 4.15. The summed E-state index contributed by atoms with van der Waals surface area (Å²) in [6.45, 7) is 4.00. The van der Waals surface area contributed by atoms with Crippen LogP contribution in [0.25, 0.3) is 0 Å². The van der Waals surface area contributed by atoms with Gasteiger partial charge in [0.15, 0.2) is 6.10 Å². The van der Waals surface area contributed by atoms with Gasteiger partial charge in [0.05, 0.1) is 12.1 Å². The van der Waals surface area contributed by atoms with Crippen LogP contribution >= 0.6 is 0 Å². The Hall–Kier alpha value is -4.05. The maximum atomic E-state index is 13.5. The van der Waals surface area contributed by atoms with Gasteiger partial charge in [-0.25, -0.2) is 4.98 Å². The second-order valence-electron chi connectivity index (χ2n) is 9.28. The smallest absolute Gasteiger partial charge is 0.506 e. The molecular formula is C27H29BN4O5. The molecule has 1 aromatic heterocycles. The lowest BCUT2D eigenvalue weighted by molar-refractivity contribution is -0.136. The van der Waals surface area contributed by atoms with E-state index in [0.29, 0.717) is 12.0 Å². The molecule has 2 unspecified atom stereocenters. The highest BCUT2D eigenvalue weighted by atomic mass is 16.7. The molecule has 37 heavy (non-hydrogen) atoms. The van der Waals surface area contributed by atoms with E-state index >= 15 is 0 Å². The van der Waals surface area contributed by atoms with Gasteiger partial charge in [-0.2, -0.15) is 0 Å². The number of hydrogen-bond donors (Lipinski definition) is 2. The second-order valence-corrected chi connectivity index (χ2v) is 9.28. The van der Waals surface area contributed by atoms with Crippen LogP contribution in [-0.4, -0.2) is 46.9 Å². The Kier molecular flexibility index (Phi) is 8.63. The SMILES string of the molecule is CC(C)CC(NC(=O)C(Cc1ccccc1)NC(=O)c1cnccn1)B1OC(=O)[C@@H](c2ccccc2)O1. The summed E-state index contributed by atoms with van der Waals surface area (Å²) in [6, 6.07) is 17.5. The van der Waals surface area contributed by atoms with Crippen LogP contribution in [0, 0.1) is 5.92 Å². The topological polar surface area (TPSA) is 120 Å². The molecule has 1 aliphatic rings. The summed E-state index contributed by atoms with van der Waals surface area (Å²) in [5.41, 5.74) is 1.66. The summed E-state index contributed by atoms with van der Waals surface area (Å²) in [7, 11) is -0.961. The zero-order valence-corrected chi connectivity index (χ0v) is 20.7. The Morgan fingerprint density at radius 2 is 1.70 bits per heavy atom. The molecule has 0 aliphatic carbocycles. The lowest BCUT2D eigenvalue weighted by Gasteiger charge is -2.25. The van der Waals surface area contributed by atoms with Gasteiger partial charge in [-0.1, -0.05) is 74.5 Å². The zero-order valence-electron chi connectivity index (χ0n) is 20.7. The van der Waals surface area contributed by atoms with E-state index in [9.17, 15) is 14.4 Å². The molecule has 2 heterocycles. The van der Waals surface area contributed by atoms with Crippen LogP contribution < -0.4 is 10.6 Å². The van der Waals surface area contributed by atoms with Crippen LogP contribution in [0.5, 0.6) is 0 Å². The van der Waals surface area contributed by atoms with E-state index < -0.39 is 43.0 Å². The fourth-order valence-corrected chi connectivity index (χ4v) is 4.15. The van der Waals surface area contributed by atoms with E-state index in [-0.39, 0.29) is 18.0 Å². The van der Waals surface area contributed by atoms with Crippen LogP contribution in [0.2, 0.25) is 0 Å². The number of hydrogen-bond acceptors (Lipinski definition) is 7.